The van der Waals surface area contributed by atoms with Gasteiger partial charge in [-0.25, -0.2) is 0 Å². The van der Waals surface area contributed by atoms with Crippen LogP contribution in [0.3, 0.4) is 0 Å². The van der Waals surface area contributed by atoms with Crippen molar-refractivity contribution < 1.29 is 22.8 Å². The summed E-state index contributed by atoms with van der Waals surface area (Å²) >= 11 is 0. The van der Waals surface area contributed by atoms with Crippen molar-refractivity contribution in [3.05, 3.63) is 95.6 Å². The molecule has 0 radical (unpaired) electrons. The van der Waals surface area contributed by atoms with Gasteiger partial charge in [0.15, 0.2) is 0 Å². The number of rotatable bonds is 5. The van der Waals surface area contributed by atoms with E-state index in [1.54, 1.807) is 4.90 Å². The highest BCUT2D eigenvalue weighted by molar-refractivity contribution is 6.13. The summed E-state index contributed by atoms with van der Waals surface area (Å²) in [7, 11) is 0. The number of carbonyl (C=O) groups excluding carboxylic acids is 2. The highest BCUT2D eigenvalue weighted by atomic mass is 19.4. The number of alkyl halides is 3. The van der Waals surface area contributed by atoms with Crippen molar-refractivity contribution in [3.8, 4) is 0 Å². The molecule has 32 heavy (non-hydrogen) atoms. The standard InChI is InChI=1S/C25H21F3N2O2/c26-25(27,28)19-10-12-20(13-11-19)29-23(31)21-14-15-30(24(21)32)22-9-5-4-8-18(22)16-17-6-2-1-3-7-17/h1-13,21H,14-16H2,(H,29,31)/t21-/m0/s1. The van der Waals surface area contributed by atoms with Crippen LogP contribution in [0.1, 0.15) is 23.1 Å². The number of nitrogens with zero attached hydrogens (tertiary/aromatic N) is 1. The number of hydrogen-bond acceptors (Lipinski definition) is 2. The van der Waals surface area contributed by atoms with Crippen molar-refractivity contribution in [2.75, 3.05) is 16.8 Å². The molecule has 0 saturated carbocycles. The Kier molecular flexibility index (Phi) is 5.99. The van der Waals surface area contributed by atoms with E-state index >= 15 is 0 Å². The van der Waals surface area contributed by atoms with Crippen LogP contribution in [0, 0.1) is 5.92 Å². The van der Waals surface area contributed by atoms with Crippen molar-refractivity contribution in [2.45, 2.75) is 19.0 Å². The molecule has 3 aromatic rings. The molecule has 1 aliphatic heterocycles. The number of nitrogens with one attached hydrogen (secondary N) is 1. The molecular formula is C25H21F3N2O2. The van der Waals surface area contributed by atoms with Crippen LogP contribution < -0.4 is 10.2 Å². The first kappa shape index (κ1) is 21.6. The van der Waals surface area contributed by atoms with E-state index in [0.717, 1.165) is 28.9 Å². The molecule has 2 amide bonds. The van der Waals surface area contributed by atoms with E-state index in [1.807, 2.05) is 54.6 Å². The lowest BCUT2D eigenvalue weighted by atomic mass is 10.0. The van der Waals surface area contributed by atoms with Crippen LogP contribution in [0.5, 0.6) is 0 Å². The number of para-hydroxylation sites is 1. The maximum absolute atomic E-state index is 13.0. The maximum atomic E-state index is 13.0. The molecule has 4 rings (SSSR count). The second-order valence-corrected chi connectivity index (χ2v) is 7.69. The molecule has 0 bridgehead atoms. The topological polar surface area (TPSA) is 49.4 Å². The summed E-state index contributed by atoms with van der Waals surface area (Å²) in [6, 6.07) is 21.7. The molecule has 4 nitrogen and oxygen atoms in total. The van der Waals surface area contributed by atoms with Gasteiger partial charge in [-0.2, -0.15) is 13.2 Å². The number of halogens is 3. The van der Waals surface area contributed by atoms with E-state index in [0.29, 0.717) is 19.4 Å². The van der Waals surface area contributed by atoms with Crippen molar-refractivity contribution in [2.24, 2.45) is 5.92 Å². The van der Waals surface area contributed by atoms with E-state index in [1.165, 1.54) is 12.1 Å². The van der Waals surface area contributed by atoms with E-state index in [4.69, 9.17) is 0 Å². The van der Waals surface area contributed by atoms with Gasteiger partial charge >= 0.3 is 6.18 Å². The lowest BCUT2D eigenvalue weighted by Crippen LogP contribution is -2.33. The minimum Gasteiger partial charge on any atom is -0.325 e. The zero-order valence-electron chi connectivity index (χ0n) is 17.1. The molecule has 1 saturated heterocycles. The van der Waals surface area contributed by atoms with Crippen LogP contribution in [0.4, 0.5) is 24.5 Å². The van der Waals surface area contributed by atoms with Crippen LogP contribution in [0.25, 0.3) is 0 Å². The summed E-state index contributed by atoms with van der Waals surface area (Å²) in [5.74, 6) is -1.71. The summed E-state index contributed by atoms with van der Waals surface area (Å²) in [4.78, 5) is 27.3. The number of carbonyl (C=O) groups is 2. The Morgan fingerprint density at radius 3 is 2.28 bits per heavy atom. The maximum Gasteiger partial charge on any atom is 0.416 e. The van der Waals surface area contributed by atoms with E-state index in [9.17, 15) is 22.8 Å². The number of amides is 2. The summed E-state index contributed by atoms with van der Waals surface area (Å²) in [5, 5.41) is 2.57. The Bertz CT molecular complexity index is 1110. The Hall–Kier alpha value is -3.61. The third kappa shape index (κ3) is 4.66. The van der Waals surface area contributed by atoms with E-state index in [-0.39, 0.29) is 11.6 Å². The predicted molar refractivity (Wildman–Crippen MR) is 116 cm³/mol. The highest BCUT2D eigenvalue weighted by Crippen LogP contribution is 2.32. The van der Waals surface area contributed by atoms with Crippen LogP contribution in [-0.2, 0) is 22.2 Å². The second kappa shape index (κ2) is 8.86. The fourth-order valence-corrected chi connectivity index (χ4v) is 3.87. The predicted octanol–water partition coefficient (Wildman–Crippen LogP) is 5.29. The minimum absolute atomic E-state index is 0.221. The van der Waals surface area contributed by atoms with Gasteiger partial charge in [0, 0.05) is 17.9 Å². The van der Waals surface area contributed by atoms with Gasteiger partial charge in [0.2, 0.25) is 11.8 Å². The van der Waals surface area contributed by atoms with Crippen LogP contribution in [0.2, 0.25) is 0 Å². The molecule has 7 heteroatoms. The average molecular weight is 438 g/mol. The highest BCUT2D eigenvalue weighted by Gasteiger charge is 2.38. The fraction of sp³-hybridized carbons (Fsp3) is 0.200. The smallest absolute Gasteiger partial charge is 0.325 e. The lowest BCUT2D eigenvalue weighted by Gasteiger charge is -2.20. The Balaban J connectivity index is 1.47. The molecule has 0 aliphatic carbocycles. The van der Waals surface area contributed by atoms with Crippen LogP contribution >= 0.6 is 0 Å². The third-order valence-electron chi connectivity index (χ3n) is 5.52. The van der Waals surface area contributed by atoms with Gasteiger partial charge in [0.05, 0.1) is 5.56 Å². The van der Waals surface area contributed by atoms with Crippen molar-refractivity contribution in [1.82, 2.24) is 0 Å². The summed E-state index contributed by atoms with van der Waals surface area (Å²) in [6.45, 7) is 0.399. The van der Waals surface area contributed by atoms with Gasteiger partial charge in [-0.1, -0.05) is 48.5 Å². The van der Waals surface area contributed by atoms with Crippen LogP contribution in [0.15, 0.2) is 78.9 Å². The first-order valence-corrected chi connectivity index (χ1v) is 10.2. The summed E-state index contributed by atoms with van der Waals surface area (Å²) in [5.41, 5.74) is 2.29. The first-order chi connectivity index (χ1) is 15.3. The molecule has 1 aliphatic rings. The monoisotopic (exact) mass is 438 g/mol. The molecule has 1 N–H and O–H groups in total. The van der Waals surface area contributed by atoms with Crippen molar-refractivity contribution in [1.29, 1.82) is 0 Å². The van der Waals surface area contributed by atoms with Crippen molar-refractivity contribution >= 4 is 23.2 Å². The molecule has 1 heterocycles. The molecule has 0 unspecified atom stereocenters. The van der Waals surface area contributed by atoms with Gasteiger partial charge < -0.3 is 10.2 Å². The van der Waals surface area contributed by atoms with Crippen molar-refractivity contribution in [3.63, 3.8) is 0 Å². The summed E-state index contributed by atoms with van der Waals surface area (Å²) in [6.07, 6.45) is -3.45. The molecule has 0 aromatic heterocycles. The Morgan fingerprint density at radius 2 is 1.59 bits per heavy atom. The normalized spacial score (nSPS) is 16.3. The molecule has 1 fully saturated rings. The lowest BCUT2D eigenvalue weighted by molar-refractivity contribution is -0.137. The number of anilines is 2. The fourth-order valence-electron chi connectivity index (χ4n) is 3.87. The SMILES string of the molecule is O=C(Nc1ccc(C(F)(F)F)cc1)[C@@H]1CCN(c2ccccc2Cc2ccccc2)C1=O. The quantitative estimate of drug-likeness (QED) is 0.551. The first-order valence-electron chi connectivity index (χ1n) is 10.2. The van der Waals surface area contributed by atoms with Gasteiger partial charge in [-0.3, -0.25) is 9.59 Å². The van der Waals surface area contributed by atoms with Gasteiger partial charge in [-0.15, -0.1) is 0 Å². The molecule has 164 valence electrons. The van der Waals surface area contributed by atoms with Crippen LogP contribution in [-0.4, -0.2) is 18.4 Å². The largest absolute Gasteiger partial charge is 0.416 e. The van der Waals surface area contributed by atoms with Gasteiger partial charge in [0.25, 0.3) is 0 Å². The Labute approximate surface area is 183 Å². The van der Waals surface area contributed by atoms with Gasteiger partial charge in [-0.05, 0) is 54.3 Å². The number of benzene rings is 3. The molecule has 1 atom stereocenters. The van der Waals surface area contributed by atoms with Gasteiger partial charge in [0.1, 0.15) is 5.92 Å². The molecular weight excluding hydrogens is 417 g/mol. The van der Waals surface area contributed by atoms with E-state index in [2.05, 4.69) is 5.32 Å². The zero-order valence-corrected chi connectivity index (χ0v) is 17.1. The summed E-state index contributed by atoms with van der Waals surface area (Å²) < 4.78 is 38.1. The second-order valence-electron chi connectivity index (χ2n) is 7.69. The van der Waals surface area contributed by atoms with E-state index < -0.39 is 23.6 Å². The molecule has 3 aromatic carbocycles. The minimum atomic E-state index is -4.45. The average Bonchev–Trinajstić information content (AvgIpc) is 3.16. The zero-order chi connectivity index (χ0) is 22.7. The number of hydrogen-bond donors (Lipinski definition) is 1. The molecule has 0 spiro atoms. The Morgan fingerprint density at radius 1 is 0.938 bits per heavy atom. The third-order valence-corrected chi connectivity index (χ3v) is 5.52.